The smallest absolute Gasteiger partial charge is 0.000117 e. The van der Waals surface area contributed by atoms with Crippen LogP contribution in [0.2, 0.25) is 0 Å². The third-order valence-electron chi connectivity index (χ3n) is 4.76. The topological polar surface area (TPSA) is 0 Å². The van der Waals surface area contributed by atoms with Gasteiger partial charge in [0.1, 0.15) is 0 Å². The molecule has 1 aliphatic carbocycles. The highest BCUT2D eigenvalue weighted by Crippen LogP contribution is 2.29. The van der Waals surface area contributed by atoms with E-state index in [0.29, 0.717) is 5.92 Å². The summed E-state index contributed by atoms with van der Waals surface area (Å²) in [4.78, 5) is 0. The van der Waals surface area contributed by atoms with Crippen LogP contribution in [0.25, 0.3) is 17.2 Å². The van der Waals surface area contributed by atoms with Gasteiger partial charge in [-0.2, -0.15) is 0 Å². The monoisotopic (exact) mass is 350 g/mol. The van der Waals surface area contributed by atoms with Crippen LogP contribution < -0.4 is 0 Å². The molecule has 0 N–H and O–H groups in total. The molecule has 0 heterocycles. The number of benzene rings is 2. The summed E-state index contributed by atoms with van der Waals surface area (Å²) in [6.07, 6.45) is 17.2. The average molecular weight is 351 g/mol. The van der Waals surface area contributed by atoms with Gasteiger partial charge in [0.15, 0.2) is 0 Å². The van der Waals surface area contributed by atoms with Crippen molar-refractivity contribution in [2.75, 3.05) is 0 Å². The Hall–Kier alpha value is -3.12. The predicted molar refractivity (Wildman–Crippen MR) is 120 cm³/mol. The van der Waals surface area contributed by atoms with E-state index in [1.807, 2.05) is 18.2 Å². The Bertz CT molecular complexity index is 929. The number of rotatable bonds is 5. The Morgan fingerprint density at radius 2 is 1.63 bits per heavy atom. The van der Waals surface area contributed by atoms with Crippen molar-refractivity contribution in [1.82, 2.24) is 0 Å². The first-order chi connectivity index (χ1) is 13.2. The molecule has 0 heteroatoms. The van der Waals surface area contributed by atoms with Crippen molar-refractivity contribution in [1.29, 1.82) is 0 Å². The fourth-order valence-electron chi connectivity index (χ4n) is 3.23. The molecule has 0 aliphatic heterocycles. The normalized spacial score (nSPS) is 18.4. The summed E-state index contributed by atoms with van der Waals surface area (Å²) < 4.78 is 0. The first kappa shape index (κ1) is 18.7. The maximum Gasteiger partial charge on any atom is -0.000117 e. The van der Waals surface area contributed by atoms with Gasteiger partial charge in [-0.15, -0.1) is 0 Å². The quantitative estimate of drug-likeness (QED) is 0.490. The first-order valence-corrected chi connectivity index (χ1v) is 9.43. The molecule has 3 rings (SSSR count). The Kier molecular flexibility index (Phi) is 6.22. The molecule has 0 amide bonds. The third-order valence-corrected chi connectivity index (χ3v) is 4.76. The summed E-state index contributed by atoms with van der Waals surface area (Å²) in [7, 11) is 0. The fraction of sp³-hybridized carbons (Fsp3) is 0.111. The van der Waals surface area contributed by atoms with Crippen LogP contribution in [0.15, 0.2) is 109 Å². The lowest BCUT2D eigenvalue weighted by Gasteiger charge is -2.16. The Balaban J connectivity index is 1.83. The van der Waals surface area contributed by atoms with Crippen molar-refractivity contribution in [2.45, 2.75) is 13.8 Å². The SMILES string of the molecule is C=C(/C=C/c1ccc(C(/C=C\C)=C2\C=CC=CC2C)cc1)c1ccccc1. The van der Waals surface area contributed by atoms with E-state index in [0.717, 1.165) is 11.1 Å². The summed E-state index contributed by atoms with van der Waals surface area (Å²) in [6.45, 7) is 8.47. The van der Waals surface area contributed by atoms with Gasteiger partial charge in [0.05, 0.1) is 0 Å². The minimum Gasteiger partial charge on any atom is -0.0912 e. The molecule has 0 aromatic heterocycles. The molecule has 0 fully saturated rings. The van der Waals surface area contributed by atoms with Gasteiger partial charge in [-0.25, -0.2) is 0 Å². The molecule has 0 radical (unpaired) electrons. The number of hydrogen-bond donors (Lipinski definition) is 0. The molecule has 0 bridgehead atoms. The molecule has 1 atom stereocenters. The molecule has 1 unspecified atom stereocenters. The molecule has 0 spiro atoms. The summed E-state index contributed by atoms with van der Waals surface area (Å²) in [5.41, 5.74) is 7.23. The van der Waals surface area contributed by atoms with Gasteiger partial charge in [-0.1, -0.05) is 117 Å². The van der Waals surface area contributed by atoms with Crippen molar-refractivity contribution < 1.29 is 0 Å². The van der Waals surface area contributed by atoms with Gasteiger partial charge in [0, 0.05) is 0 Å². The molecular weight excluding hydrogens is 324 g/mol. The van der Waals surface area contributed by atoms with Gasteiger partial charge >= 0.3 is 0 Å². The second-order valence-electron chi connectivity index (χ2n) is 6.75. The van der Waals surface area contributed by atoms with Crippen LogP contribution in [0.5, 0.6) is 0 Å². The van der Waals surface area contributed by atoms with Gasteiger partial charge in [0.25, 0.3) is 0 Å². The van der Waals surface area contributed by atoms with E-state index in [1.165, 1.54) is 22.3 Å². The van der Waals surface area contributed by atoms with Crippen LogP contribution >= 0.6 is 0 Å². The maximum atomic E-state index is 4.16. The zero-order valence-electron chi connectivity index (χ0n) is 16.1. The zero-order valence-corrected chi connectivity index (χ0v) is 16.1. The summed E-state index contributed by atoms with van der Waals surface area (Å²) >= 11 is 0. The lowest BCUT2D eigenvalue weighted by atomic mass is 9.88. The standard InChI is InChI=1S/C27H26/c1-4-10-27(26-14-9-8-11-22(26)3)25-19-17-23(18-20-25)16-15-21(2)24-12-6-5-7-13-24/h4-20,22H,2H2,1,3H3/b10-4-,16-15+,27-26+. The van der Waals surface area contributed by atoms with Crippen LogP contribution in [-0.4, -0.2) is 0 Å². The van der Waals surface area contributed by atoms with Crippen molar-refractivity contribution >= 4 is 17.2 Å². The summed E-state index contributed by atoms with van der Waals surface area (Å²) in [6, 6.07) is 19.0. The van der Waals surface area contributed by atoms with Crippen LogP contribution in [0.4, 0.5) is 0 Å². The van der Waals surface area contributed by atoms with Gasteiger partial charge < -0.3 is 0 Å². The van der Waals surface area contributed by atoms with E-state index < -0.39 is 0 Å². The lowest BCUT2D eigenvalue weighted by molar-refractivity contribution is 0.887. The molecular formula is C27H26. The van der Waals surface area contributed by atoms with Crippen molar-refractivity contribution in [3.63, 3.8) is 0 Å². The number of allylic oxidation sites excluding steroid dienone is 10. The van der Waals surface area contributed by atoms with Gasteiger partial charge in [-0.05, 0) is 46.3 Å². The van der Waals surface area contributed by atoms with Crippen LogP contribution in [-0.2, 0) is 0 Å². The molecule has 1 aliphatic rings. The Morgan fingerprint density at radius 1 is 0.889 bits per heavy atom. The van der Waals surface area contributed by atoms with E-state index in [2.05, 4.69) is 105 Å². The molecule has 134 valence electrons. The largest absolute Gasteiger partial charge is 0.0912 e. The number of hydrogen-bond acceptors (Lipinski definition) is 0. The minimum absolute atomic E-state index is 0.426. The zero-order chi connectivity index (χ0) is 19.1. The third kappa shape index (κ3) is 4.74. The van der Waals surface area contributed by atoms with E-state index in [1.54, 1.807) is 0 Å². The predicted octanol–water partition coefficient (Wildman–Crippen LogP) is 7.51. The second-order valence-corrected chi connectivity index (χ2v) is 6.75. The minimum atomic E-state index is 0.426. The van der Waals surface area contributed by atoms with Crippen molar-refractivity contribution in [3.05, 3.63) is 126 Å². The van der Waals surface area contributed by atoms with E-state index in [9.17, 15) is 0 Å². The maximum absolute atomic E-state index is 4.16. The van der Waals surface area contributed by atoms with Gasteiger partial charge in [-0.3, -0.25) is 0 Å². The molecule has 2 aromatic rings. The van der Waals surface area contributed by atoms with Crippen molar-refractivity contribution in [2.24, 2.45) is 5.92 Å². The fourth-order valence-corrected chi connectivity index (χ4v) is 3.23. The average Bonchev–Trinajstić information content (AvgIpc) is 2.72. The highest BCUT2D eigenvalue weighted by atomic mass is 14.2. The summed E-state index contributed by atoms with van der Waals surface area (Å²) in [5, 5.41) is 0. The lowest BCUT2D eigenvalue weighted by Crippen LogP contribution is -2.00. The van der Waals surface area contributed by atoms with Gasteiger partial charge in [0.2, 0.25) is 0 Å². The first-order valence-electron chi connectivity index (χ1n) is 9.43. The molecule has 2 aromatic carbocycles. The molecule has 0 nitrogen and oxygen atoms in total. The second kappa shape index (κ2) is 9.00. The highest BCUT2D eigenvalue weighted by molar-refractivity contribution is 5.81. The Labute approximate surface area is 163 Å². The van der Waals surface area contributed by atoms with Crippen LogP contribution in [0.3, 0.4) is 0 Å². The molecule has 0 saturated carbocycles. The van der Waals surface area contributed by atoms with E-state index in [-0.39, 0.29) is 0 Å². The van der Waals surface area contributed by atoms with Crippen LogP contribution in [0.1, 0.15) is 30.5 Å². The van der Waals surface area contributed by atoms with Crippen molar-refractivity contribution in [3.8, 4) is 0 Å². The summed E-state index contributed by atoms with van der Waals surface area (Å²) in [5.74, 6) is 0.426. The molecule has 27 heavy (non-hydrogen) atoms. The van der Waals surface area contributed by atoms with Crippen LogP contribution in [0, 0.1) is 5.92 Å². The van der Waals surface area contributed by atoms with E-state index in [4.69, 9.17) is 0 Å². The molecule has 0 saturated heterocycles. The van der Waals surface area contributed by atoms with E-state index >= 15 is 0 Å². The highest BCUT2D eigenvalue weighted by Gasteiger charge is 2.11. The Morgan fingerprint density at radius 3 is 2.30 bits per heavy atom.